The summed E-state index contributed by atoms with van der Waals surface area (Å²) in [6, 6.07) is 0.193. The fraction of sp³-hybridized carbons (Fsp3) is 0.444. The number of H-pyrrole nitrogens is 1. The lowest BCUT2D eigenvalue weighted by atomic mass is 10.0. The number of ether oxygens (including phenoxy) is 1. The SMILES string of the molecule is COC(Sc1nnnn1C)C1=C(C(=O)O)N2C(=O)[C@@H](NC(=O)C(c3o[nH]c(=O)c3C#N)S(C)(=O)=O)[C@@H]2SC1. The number of carbonyl (C=O) groups is 3. The van der Waals surface area contributed by atoms with Crippen LogP contribution in [-0.2, 0) is 36.0 Å². The van der Waals surface area contributed by atoms with Crippen molar-refractivity contribution in [2.75, 3.05) is 19.1 Å². The van der Waals surface area contributed by atoms with E-state index in [0.29, 0.717) is 11.4 Å². The van der Waals surface area contributed by atoms with Crippen molar-refractivity contribution < 1.29 is 37.2 Å². The number of amides is 2. The van der Waals surface area contributed by atoms with Gasteiger partial charge in [0.25, 0.3) is 11.5 Å². The summed E-state index contributed by atoms with van der Waals surface area (Å²) in [7, 11) is -1.34. The highest BCUT2D eigenvalue weighted by Gasteiger charge is 2.56. The largest absolute Gasteiger partial charge is 0.477 e. The van der Waals surface area contributed by atoms with Crippen LogP contribution in [0.4, 0.5) is 0 Å². The molecule has 2 aromatic heterocycles. The summed E-state index contributed by atoms with van der Waals surface area (Å²) in [5.74, 6) is -4.08. The van der Waals surface area contributed by atoms with Crippen LogP contribution in [0.1, 0.15) is 16.6 Å². The number of hydrogen-bond acceptors (Lipinski definition) is 14. The topological polar surface area (TPSA) is 243 Å². The summed E-state index contributed by atoms with van der Waals surface area (Å²) >= 11 is 2.15. The zero-order chi connectivity index (χ0) is 27.9. The number of aliphatic carboxylic acids is 1. The second-order valence-electron chi connectivity index (χ2n) is 7.94. The summed E-state index contributed by atoms with van der Waals surface area (Å²) in [6.07, 6.45) is 0.697. The Hall–Kier alpha value is -3.67. The van der Waals surface area contributed by atoms with Gasteiger partial charge in [-0.05, 0) is 22.2 Å². The van der Waals surface area contributed by atoms with Crippen LogP contribution in [0, 0.1) is 11.3 Å². The first-order chi connectivity index (χ1) is 17.9. The number of carbonyl (C=O) groups excluding carboxylic acids is 2. The van der Waals surface area contributed by atoms with E-state index in [0.717, 1.165) is 28.4 Å². The van der Waals surface area contributed by atoms with Crippen molar-refractivity contribution in [3.05, 3.63) is 32.9 Å². The molecule has 2 unspecified atom stereocenters. The van der Waals surface area contributed by atoms with Crippen molar-refractivity contribution in [2.24, 2.45) is 7.05 Å². The van der Waals surface area contributed by atoms with Crippen LogP contribution in [0.5, 0.6) is 0 Å². The Bertz CT molecular complexity index is 1550. The van der Waals surface area contributed by atoms with Crippen LogP contribution in [-0.4, -0.2) is 97.5 Å². The van der Waals surface area contributed by atoms with Gasteiger partial charge in [0.1, 0.15) is 28.6 Å². The van der Waals surface area contributed by atoms with Crippen LogP contribution < -0.4 is 10.9 Å². The van der Waals surface area contributed by atoms with E-state index in [1.165, 1.54) is 17.9 Å². The molecule has 202 valence electrons. The fourth-order valence-corrected chi connectivity index (χ4v) is 7.23. The molecule has 4 atom stereocenters. The number of carboxylic acids is 1. The molecular weight excluding hydrogens is 568 g/mol. The van der Waals surface area contributed by atoms with E-state index < -0.39 is 66.6 Å². The molecular formula is C18H18N8O9S3. The highest BCUT2D eigenvalue weighted by Crippen LogP contribution is 2.44. The van der Waals surface area contributed by atoms with Gasteiger partial charge in [-0.15, -0.1) is 16.9 Å². The zero-order valence-electron chi connectivity index (χ0n) is 19.6. The summed E-state index contributed by atoms with van der Waals surface area (Å²) in [4.78, 5) is 51.0. The summed E-state index contributed by atoms with van der Waals surface area (Å²) in [6.45, 7) is 0. The van der Waals surface area contributed by atoms with Crippen LogP contribution in [0.15, 0.2) is 25.7 Å². The maximum Gasteiger partial charge on any atom is 0.352 e. The van der Waals surface area contributed by atoms with Gasteiger partial charge in [0.2, 0.25) is 16.3 Å². The van der Waals surface area contributed by atoms with Gasteiger partial charge in [-0.1, -0.05) is 0 Å². The van der Waals surface area contributed by atoms with Gasteiger partial charge in [0.05, 0.1) is 0 Å². The number of methoxy groups -OCH3 is 1. The van der Waals surface area contributed by atoms with E-state index >= 15 is 0 Å². The average molecular weight is 587 g/mol. The van der Waals surface area contributed by atoms with Crippen molar-refractivity contribution in [3.63, 3.8) is 0 Å². The number of nitriles is 1. The first kappa shape index (κ1) is 27.4. The lowest BCUT2D eigenvalue weighted by molar-refractivity contribution is -0.150. The lowest BCUT2D eigenvalue weighted by Gasteiger charge is -2.50. The monoisotopic (exact) mass is 586 g/mol. The molecule has 0 aromatic carbocycles. The Morgan fingerprint density at radius 2 is 2.13 bits per heavy atom. The number of thioether (sulfide) groups is 2. The molecule has 1 fully saturated rings. The molecule has 0 bridgehead atoms. The minimum atomic E-state index is -4.28. The highest BCUT2D eigenvalue weighted by molar-refractivity contribution is 8.01. The number of nitrogens with zero attached hydrogens (tertiary/aromatic N) is 6. The lowest BCUT2D eigenvalue weighted by Crippen LogP contribution is -2.71. The Morgan fingerprint density at radius 3 is 2.68 bits per heavy atom. The van der Waals surface area contributed by atoms with E-state index in [2.05, 4.69) is 20.8 Å². The third-order valence-corrected chi connectivity index (χ3v) is 9.37. The second-order valence-corrected chi connectivity index (χ2v) is 12.2. The van der Waals surface area contributed by atoms with Crippen LogP contribution in [0.3, 0.4) is 0 Å². The number of rotatable bonds is 9. The van der Waals surface area contributed by atoms with Gasteiger partial charge in [-0.2, -0.15) is 10.4 Å². The molecule has 38 heavy (non-hydrogen) atoms. The Labute approximate surface area is 221 Å². The fourth-order valence-electron chi connectivity index (χ4n) is 3.84. The summed E-state index contributed by atoms with van der Waals surface area (Å²) < 4.78 is 36.4. The molecule has 1 saturated heterocycles. The van der Waals surface area contributed by atoms with Crippen LogP contribution in [0.25, 0.3) is 0 Å². The van der Waals surface area contributed by atoms with Gasteiger partial charge in [0.15, 0.2) is 21.2 Å². The molecule has 4 rings (SSSR count). The molecule has 0 saturated carbocycles. The number of aryl methyl sites for hydroxylation is 1. The number of hydrogen-bond donors (Lipinski definition) is 3. The first-order valence-electron chi connectivity index (χ1n) is 10.3. The van der Waals surface area contributed by atoms with Gasteiger partial charge in [-0.25, -0.2) is 17.9 Å². The number of sulfone groups is 1. The minimum absolute atomic E-state index is 0.0833. The van der Waals surface area contributed by atoms with E-state index in [1.807, 2.05) is 5.16 Å². The normalized spacial score (nSPS) is 20.8. The predicted molar refractivity (Wildman–Crippen MR) is 127 cm³/mol. The Kier molecular flexibility index (Phi) is 7.37. The zero-order valence-corrected chi connectivity index (χ0v) is 22.1. The van der Waals surface area contributed by atoms with Crippen LogP contribution in [0.2, 0.25) is 0 Å². The first-order valence-corrected chi connectivity index (χ1v) is 14.2. The number of carboxylic acid groups (broad SMARTS) is 1. The van der Waals surface area contributed by atoms with E-state index in [1.54, 1.807) is 7.05 Å². The van der Waals surface area contributed by atoms with E-state index in [4.69, 9.17) is 9.26 Å². The molecule has 17 nitrogen and oxygen atoms in total. The van der Waals surface area contributed by atoms with Gasteiger partial charge < -0.3 is 19.7 Å². The maximum absolute atomic E-state index is 13.0. The molecule has 2 aromatic rings. The average Bonchev–Trinajstić information content (AvgIpc) is 3.43. The number of nitrogens with one attached hydrogen (secondary N) is 2. The van der Waals surface area contributed by atoms with Crippen LogP contribution >= 0.6 is 23.5 Å². The molecule has 20 heteroatoms. The third kappa shape index (κ3) is 4.68. The molecule has 0 spiro atoms. The molecule has 2 aliphatic rings. The number of aromatic amines is 1. The molecule has 0 radical (unpaired) electrons. The summed E-state index contributed by atoms with van der Waals surface area (Å²) in [5.41, 5.74) is -2.68. The number of aromatic nitrogens is 5. The van der Waals surface area contributed by atoms with Crippen molar-refractivity contribution in [3.8, 4) is 6.07 Å². The molecule has 2 aliphatic heterocycles. The second kappa shape index (κ2) is 10.2. The smallest absolute Gasteiger partial charge is 0.352 e. The molecule has 4 heterocycles. The van der Waals surface area contributed by atoms with E-state index in [9.17, 15) is 38.0 Å². The predicted octanol–water partition coefficient (Wildman–Crippen LogP) is -2.05. The number of β-lactam (4-membered cyclic amide) rings is 1. The Balaban J connectivity index is 1.60. The number of tetrazole rings is 1. The highest BCUT2D eigenvalue weighted by atomic mass is 32.2. The maximum atomic E-state index is 13.0. The molecule has 0 aliphatic carbocycles. The quantitative estimate of drug-likeness (QED) is 0.163. The van der Waals surface area contributed by atoms with Crippen molar-refractivity contribution in [1.29, 1.82) is 5.26 Å². The minimum Gasteiger partial charge on any atom is -0.477 e. The van der Waals surface area contributed by atoms with Gasteiger partial charge >= 0.3 is 5.97 Å². The molecule has 3 N–H and O–H groups in total. The van der Waals surface area contributed by atoms with Crippen molar-refractivity contribution >= 4 is 51.1 Å². The number of fused-ring (bicyclic) bond motifs is 1. The van der Waals surface area contributed by atoms with Gasteiger partial charge in [-0.3, -0.25) is 19.3 Å². The van der Waals surface area contributed by atoms with Crippen molar-refractivity contribution in [1.82, 2.24) is 35.6 Å². The summed E-state index contributed by atoms with van der Waals surface area (Å²) in [5, 5.41) is 31.6. The van der Waals surface area contributed by atoms with E-state index in [-0.39, 0.29) is 17.0 Å². The third-order valence-electron chi connectivity index (χ3n) is 5.53. The Morgan fingerprint density at radius 1 is 1.42 bits per heavy atom. The standard InChI is InChI=1S/C18H18N8O9S3/c1-25-18(21-23-24-25)37-17(34-2)7-5-36-15-8(14(29)26(15)9(7)16(30)31)20-13(28)11(38(3,32)33)10-6(4-19)12(27)22-35-10/h8,11,15,17H,5H2,1-3H3,(H,20,28)(H,22,27)(H,30,31)/t8-,11?,15+,17?/m1/s1. The van der Waals surface area contributed by atoms with Gasteiger partial charge in [0, 0.05) is 31.7 Å². The van der Waals surface area contributed by atoms with Crippen molar-refractivity contribution in [2.45, 2.75) is 27.3 Å². The molecule has 2 amide bonds.